The van der Waals surface area contributed by atoms with E-state index in [0.29, 0.717) is 37.3 Å². The largest absolute Gasteiger partial charge is 0.391 e. The first-order chi connectivity index (χ1) is 13.7. The van der Waals surface area contributed by atoms with E-state index in [4.69, 9.17) is 9.47 Å². The summed E-state index contributed by atoms with van der Waals surface area (Å²) in [5.74, 6) is 0.164. The molecule has 0 bridgehead atoms. The van der Waals surface area contributed by atoms with Gasteiger partial charge in [-0.25, -0.2) is 0 Å². The molecule has 2 N–H and O–H groups in total. The summed E-state index contributed by atoms with van der Waals surface area (Å²) < 4.78 is 14.8. The number of amides is 1. The van der Waals surface area contributed by atoms with E-state index in [1.807, 2.05) is 31.5 Å². The van der Waals surface area contributed by atoms with Crippen LogP contribution in [0.1, 0.15) is 68.0 Å². The molecule has 1 saturated carbocycles. The molecule has 3 heterocycles. The summed E-state index contributed by atoms with van der Waals surface area (Å²) in [4.78, 5) is 12.8. The SMILES string of the molecule is Cn1nc(COC2CC2)cc1C(=O)Nc1cc([C@H]2C[C@@H](O)CO2)n(C(C)(C)C)n1. The van der Waals surface area contributed by atoms with Gasteiger partial charge in [0.15, 0.2) is 5.82 Å². The number of carbonyl (C=O) groups is 1. The van der Waals surface area contributed by atoms with Crippen molar-refractivity contribution < 1.29 is 19.4 Å². The van der Waals surface area contributed by atoms with Gasteiger partial charge in [0.1, 0.15) is 11.8 Å². The predicted octanol–water partition coefficient (Wildman–Crippen LogP) is 2.13. The smallest absolute Gasteiger partial charge is 0.275 e. The predicted molar refractivity (Wildman–Crippen MR) is 106 cm³/mol. The summed E-state index contributed by atoms with van der Waals surface area (Å²) >= 11 is 0. The first kappa shape index (κ1) is 20.1. The zero-order valence-corrected chi connectivity index (χ0v) is 17.4. The maximum Gasteiger partial charge on any atom is 0.275 e. The van der Waals surface area contributed by atoms with Crippen molar-refractivity contribution in [2.75, 3.05) is 11.9 Å². The fourth-order valence-corrected chi connectivity index (χ4v) is 3.47. The average molecular weight is 403 g/mol. The highest BCUT2D eigenvalue weighted by Crippen LogP contribution is 2.33. The average Bonchev–Trinajstić information content (AvgIpc) is 3.01. The van der Waals surface area contributed by atoms with Crippen LogP contribution in [0.5, 0.6) is 0 Å². The number of aromatic nitrogens is 4. The lowest BCUT2D eigenvalue weighted by Gasteiger charge is -2.24. The summed E-state index contributed by atoms with van der Waals surface area (Å²) in [6.45, 7) is 6.83. The highest BCUT2D eigenvalue weighted by atomic mass is 16.5. The van der Waals surface area contributed by atoms with Gasteiger partial charge >= 0.3 is 0 Å². The van der Waals surface area contributed by atoms with Gasteiger partial charge in [0.05, 0.1) is 42.3 Å². The van der Waals surface area contributed by atoms with Crippen molar-refractivity contribution in [3.63, 3.8) is 0 Å². The Bertz CT molecular complexity index is 893. The number of aliphatic hydroxyl groups excluding tert-OH is 1. The van der Waals surface area contributed by atoms with Crippen LogP contribution in [0, 0.1) is 0 Å². The van der Waals surface area contributed by atoms with Crippen molar-refractivity contribution in [3.05, 3.63) is 29.2 Å². The Kier molecular flexibility index (Phi) is 5.22. The number of hydrogen-bond acceptors (Lipinski definition) is 6. The van der Waals surface area contributed by atoms with Crippen LogP contribution in [0.4, 0.5) is 5.82 Å². The first-order valence-corrected chi connectivity index (χ1v) is 10.1. The minimum atomic E-state index is -0.480. The van der Waals surface area contributed by atoms with Crippen molar-refractivity contribution in [2.24, 2.45) is 7.05 Å². The molecular formula is C20H29N5O4. The minimum Gasteiger partial charge on any atom is -0.391 e. The first-order valence-electron chi connectivity index (χ1n) is 10.1. The lowest BCUT2D eigenvalue weighted by molar-refractivity contribution is 0.0814. The van der Waals surface area contributed by atoms with Gasteiger partial charge in [0.25, 0.3) is 5.91 Å². The van der Waals surface area contributed by atoms with Crippen molar-refractivity contribution >= 4 is 11.7 Å². The van der Waals surface area contributed by atoms with Crippen LogP contribution in [0.3, 0.4) is 0 Å². The van der Waals surface area contributed by atoms with Gasteiger partial charge in [-0.1, -0.05) is 0 Å². The fourth-order valence-electron chi connectivity index (χ4n) is 3.47. The third-order valence-corrected chi connectivity index (χ3v) is 5.07. The van der Waals surface area contributed by atoms with E-state index in [1.54, 1.807) is 17.8 Å². The number of anilines is 1. The van der Waals surface area contributed by atoms with E-state index in [1.165, 1.54) is 0 Å². The molecule has 2 aliphatic rings. The second-order valence-electron chi connectivity index (χ2n) is 8.86. The number of aryl methyl sites for hydroxylation is 1. The van der Waals surface area contributed by atoms with E-state index < -0.39 is 6.10 Å². The van der Waals surface area contributed by atoms with Crippen molar-refractivity contribution in [2.45, 2.75) is 70.5 Å². The van der Waals surface area contributed by atoms with Crippen molar-refractivity contribution in [1.82, 2.24) is 19.6 Å². The zero-order valence-electron chi connectivity index (χ0n) is 17.4. The van der Waals surface area contributed by atoms with Crippen molar-refractivity contribution in [1.29, 1.82) is 0 Å². The van der Waals surface area contributed by atoms with Gasteiger partial charge in [0, 0.05) is 19.5 Å². The van der Waals surface area contributed by atoms with Crippen LogP contribution in [-0.2, 0) is 28.7 Å². The third kappa shape index (κ3) is 4.52. The molecule has 9 heteroatoms. The van der Waals surface area contributed by atoms with Gasteiger partial charge in [0.2, 0.25) is 0 Å². The van der Waals surface area contributed by atoms with Gasteiger partial charge in [-0.05, 0) is 39.7 Å². The summed E-state index contributed by atoms with van der Waals surface area (Å²) in [5, 5.41) is 21.6. The molecular weight excluding hydrogens is 374 g/mol. The monoisotopic (exact) mass is 403 g/mol. The van der Waals surface area contributed by atoms with Crippen LogP contribution in [0.25, 0.3) is 0 Å². The van der Waals surface area contributed by atoms with Crippen LogP contribution in [-0.4, -0.2) is 49.4 Å². The quantitative estimate of drug-likeness (QED) is 0.766. The molecule has 1 aliphatic carbocycles. The van der Waals surface area contributed by atoms with Crippen LogP contribution >= 0.6 is 0 Å². The highest BCUT2D eigenvalue weighted by molar-refractivity contribution is 6.02. The number of hydrogen-bond donors (Lipinski definition) is 2. The number of nitrogens with zero attached hydrogens (tertiary/aromatic N) is 4. The van der Waals surface area contributed by atoms with E-state index in [0.717, 1.165) is 24.2 Å². The Morgan fingerprint density at radius 1 is 1.34 bits per heavy atom. The number of rotatable bonds is 6. The highest BCUT2D eigenvalue weighted by Gasteiger charge is 2.32. The zero-order chi connectivity index (χ0) is 20.8. The summed E-state index contributed by atoms with van der Waals surface area (Å²) in [7, 11) is 1.74. The van der Waals surface area contributed by atoms with E-state index in [9.17, 15) is 9.90 Å². The molecule has 4 rings (SSSR count). The van der Waals surface area contributed by atoms with Gasteiger partial charge in [-0.2, -0.15) is 10.2 Å². The van der Waals surface area contributed by atoms with E-state index in [-0.39, 0.29) is 17.6 Å². The third-order valence-electron chi connectivity index (χ3n) is 5.07. The Hall–Kier alpha value is -2.23. The number of carbonyl (C=O) groups excluding carboxylic acids is 1. The standard InChI is InChI=1S/C20H29N5O4/c1-20(2,3)25-15(17-8-13(26)11-29-17)9-18(23-25)21-19(27)16-7-12(22-24(16)4)10-28-14-5-6-14/h7,9,13-14,17,26H,5-6,8,10-11H2,1-4H3,(H,21,23,27)/t13-,17-/m1/s1. The molecule has 0 radical (unpaired) electrons. The number of ether oxygens (including phenoxy) is 2. The second kappa shape index (κ2) is 7.55. The van der Waals surface area contributed by atoms with Crippen LogP contribution in [0.15, 0.2) is 12.1 Å². The van der Waals surface area contributed by atoms with Gasteiger partial charge in [-0.15, -0.1) is 0 Å². The molecule has 29 heavy (non-hydrogen) atoms. The lowest BCUT2D eigenvalue weighted by atomic mass is 10.1. The molecule has 2 fully saturated rings. The maximum atomic E-state index is 12.8. The Labute approximate surface area is 170 Å². The van der Waals surface area contributed by atoms with Crippen molar-refractivity contribution in [3.8, 4) is 0 Å². The molecule has 9 nitrogen and oxygen atoms in total. The van der Waals surface area contributed by atoms with E-state index in [2.05, 4.69) is 15.5 Å². The number of aliphatic hydroxyl groups is 1. The molecule has 1 saturated heterocycles. The molecule has 2 atom stereocenters. The fraction of sp³-hybridized carbons (Fsp3) is 0.650. The molecule has 1 aliphatic heterocycles. The molecule has 2 aromatic heterocycles. The second-order valence-corrected chi connectivity index (χ2v) is 8.86. The lowest BCUT2D eigenvalue weighted by Crippen LogP contribution is -2.26. The summed E-state index contributed by atoms with van der Waals surface area (Å²) in [6.07, 6.45) is 2.32. The number of nitrogens with one attached hydrogen (secondary N) is 1. The van der Waals surface area contributed by atoms with Gasteiger partial charge in [-0.3, -0.25) is 14.2 Å². The molecule has 2 aromatic rings. The topological polar surface area (TPSA) is 103 Å². The summed E-state index contributed by atoms with van der Waals surface area (Å²) in [6, 6.07) is 3.56. The van der Waals surface area contributed by atoms with Crippen LogP contribution in [0.2, 0.25) is 0 Å². The summed E-state index contributed by atoms with van der Waals surface area (Å²) in [5.41, 5.74) is 1.72. The Morgan fingerprint density at radius 3 is 2.72 bits per heavy atom. The molecule has 0 unspecified atom stereocenters. The molecule has 0 spiro atoms. The molecule has 158 valence electrons. The van der Waals surface area contributed by atoms with Crippen LogP contribution < -0.4 is 5.32 Å². The Balaban J connectivity index is 1.51. The normalized spacial score (nSPS) is 22.2. The molecule has 0 aromatic carbocycles. The van der Waals surface area contributed by atoms with E-state index >= 15 is 0 Å². The van der Waals surface area contributed by atoms with Gasteiger partial charge < -0.3 is 19.9 Å². The minimum absolute atomic E-state index is 0.245. The maximum absolute atomic E-state index is 12.8. The molecule has 1 amide bonds. The Morgan fingerprint density at radius 2 is 2.10 bits per heavy atom.